The van der Waals surface area contributed by atoms with Crippen molar-refractivity contribution in [1.29, 1.82) is 0 Å². The number of ether oxygens (including phenoxy) is 1. The van der Waals surface area contributed by atoms with E-state index in [4.69, 9.17) is 10.5 Å². The summed E-state index contributed by atoms with van der Waals surface area (Å²) in [7, 11) is -10.6. The number of alkyl halides is 1. The second-order valence-corrected chi connectivity index (χ2v) is 11.9. The molecule has 1 amide bonds. The molecule has 35 heavy (non-hydrogen) atoms. The van der Waals surface area contributed by atoms with Crippen molar-refractivity contribution < 1.29 is 46.1 Å². The Hall–Kier alpha value is -1.51. The maximum absolute atomic E-state index is 12.1. The van der Waals surface area contributed by atoms with Crippen LogP contribution in [0.1, 0.15) is 26.5 Å². The van der Waals surface area contributed by atoms with Crippen LogP contribution in [0.5, 0.6) is 0 Å². The predicted octanol–water partition coefficient (Wildman–Crippen LogP) is -1.26. The van der Waals surface area contributed by atoms with Gasteiger partial charge in [-0.25, -0.2) is 19.7 Å². The molecule has 0 aromatic carbocycles. The van der Waals surface area contributed by atoms with E-state index in [-0.39, 0.29) is 22.9 Å². The minimum Gasteiger partial charge on any atom is -0.755 e. The number of aliphatic hydroxyl groups excluding tert-OH is 2. The highest BCUT2D eigenvalue weighted by atomic mass is 127. The topological polar surface area (TPSA) is 241 Å². The molecule has 16 nitrogen and oxygen atoms in total. The zero-order valence-electron chi connectivity index (χ0n) is 18.3. The summed E-state index contributed by atoms with van der Waals surface area (Å²) < 4.78 is 52.1. The normalized spacial score (nSPS) is 26.3. The Balaban J connectivity index is 1.63. The van der Waals surface area contributed by atoms with Gasteiger partial charge < -0.3 is 30.1 Å². The molecule has 3 rings (SSSR count). The second kappa shape index (κ2) is 10.9. The van der Waals surface area contributed by atoms with Crippen LogP contribution in [-0.2, 0) is 32.9 Å². The van der Waals surface area contributed by atoms with Gasteiger partial charge in [-0.2, -0.15) is 12.4 Å². The Morgan fingerprint density at radius 2 is 2.09 bits per heavy atom. The van der Waals surface area contributed by atoms with Crippen LogP contribution in [0.25, 0.3) is 11.2 Å². The second-order valence-electron chi connectivity index (χ2n) is 7.65. The number of nitrogens with zero attached hydrogens (tertiary/aromatic N) is 4. The van der Waals surface area contributed by atoms with E-state index in [1.165, 1.54) is 15.6 Å². The van der Waals surface area contributed by atoms with Gasteiger partial charge in [0.25, 0.3) is 7.82 Å². The molecule has 2 unspecified atom stereocenters. The lowest BCUT2D eigenvalue weighted by atomic mass is 10.1. The third-order valence-corrected chi connectivity index (χ3v) is 9.43. The van der Waals surface area contributed by atoms with Crippen molar-refractivity contribution >= 4 is 63.6 Å². The number of nitrogen functional groups attached to an aromatic ring is 1. The van der Waals surface area contributed by atoms with Gasteiger partial charge in [0.15, 0.2) is 17.7 Å². The fraction of sp³-hybridized carbons (Fsp3) is 0.625. The monoisotopic (exact) mass is 649 g/mol. The van der Waals surface area contributed by atoms with Crippen molar-refractivity contribution in [3.05, 3.63) is 12.7 Å². The number of hydrogen-bond donors (Lipinski definition) is 4. The molecular weight excluding hydrogens is 626 g/mol. The van der Waals surface area contributed by atoms with Crippen LogP contribution >= 0.6 is 30.4 Å². The highest BCUT2D eigenvalue weighted by Crippen LogP contribution is 2.42. The van der Waals surface area contributed by atoms with E-state index in [1.807, 2.05) is 0 Å². The van der Waals surface area contributed by atoms with Crippen molar-refractivity contribution in [2.75, 3.05) is 12.3 Å². The maximum Gasteiger partial charge on any atom is 0.368 e. The molecule has 1 saturated heterocycles. The molecule has 196 valence electrons. The van der Waals surface area contributed by atoms with E-state index >= 15 is 0 Å². The number of rotatable bonds is 10. The van der Waals surface area contributed by atoms with E-state index in [0.717, 1.165) is 6.33 Å². The number of phosphoric ester groups is 1. The Labute approximate surface area is 213 Å². The van der Waals surface area contributed by atoms with Gasteiger partial charge in [0.2, 0.25) is 5.91 Å². The summed E-state index contributed by atoms with van der Waals surface area (Å²) in [5.41, 5.74) is 6.11. The minimum atomic E-state index is -5.54. The van der Waals surface area contributed by atoms with Crippen LogP contribution in [0, 0.1) is 5.92 Å². The number of carbonyl (C=O) groups excluding carboxylic acids is 1. The number of fused-ring (bicyclic) bond motifs is 1. The molecule has 0 saturated carbocycles. The van der Waals surface area contributed by atoms with E-state index in [9.17, 15) is 32.9 Å². The zero-order chi connectivity index (χ0) is 26.1. The largest absolute Gasteiger partial charge is 0.755 e. The average Bonchev–Trinajstić information content (AvgIpc) is 3.32. The Bertz CT molecular complexity index is 1230. The number of aliphatic hydroxyl groups is 2. The van der Waals surface area contributed by atoms with Crippen molar-refractivity contribution in [1.82, 2.24) is 24.2 Å². The van der Waals surface area contributed by atoms with Gasteiger partial charge in [-0.15, -0.1) is 0 Å². The number of amides is 1. The number of imidazole rings is 1. The third-order valence-electron chi connectivity index (χ3n) is 5.20. The summed E-state index contributed by atoms with van der Waals surface area (Å²) in [6.45, 7) is 2.60. The standard InChI is InChI=1S/C16H24IN6O10PS/c1-3-7(2)9(17)15(26)22-35(29,30)33-34(27,28)31-4-8-11(24)12(25)16(32-8)23-6-21-10-13(18)19-5-20-14(10)23/h5-9,11-12,16,24-25H,3-4H2,1-2H3,(H,22,26)(H,27,28)(H2,18,19,20)/p-1/t7-,8+,9?,11+,12+,16+/m0/s1. The molecule has 1 aliphatic rings. The summed E-state index contributed by atoms with van der Waals surface area (Å²) in [5.74, 6) is -1.08. The van der Waals surface area contributed by atoms with Crippen molar-refractivity contribution in [2.24, 2.45) is 5.92 Å². The van der Waals surface area contributed by atoms with Gasteiger partial charge in [-0.1, -0.05) is 42.9 Å². The molecular formula is C16H23IN6O10PS-. The van der Waals surface area contributed by atoms with Crippen LogP contribution < -0.4 is 15.3 Å². The molecule has 0 aliphatic carbocycles. The third kappa shape index (κ3) is 6.44. The summed E-state index contributed by atoms with van der Waals surface area (Å²) in [6, 6.07) is 0. The Kier molecular flexibility index (Phi) is 8.70. The molecule has 1 aliphatic heterocycles. The molecule has 2 aromatic rings. The summed E-state index contributed by atoms with van der Waals surface area (Å²) in [5, 5.41) is 20.7. The summed E-state index contributed by atoms with van der Waals surface area (Å²) in [6.07, 6.45) is -2.90. The van der Waals surface area contributed by atoms with Gasteiger partial charge in [0, 0.05) is 0 Å². The lowest BCUT2D eigenvalue weighted by Gasteiger charge is -2.24. The quantitative estimate of drug-likeness (QED) is 0.134. The summed E-state index contributed by atoms with van der Waals surface area (Å²) >= 11 is 1.73. The molecule has 19 heteroatoms. The van der Waals surface area contributed by atoms with Crippen LogP contribution in [0.3, 0.4) is 0 Å². The SMILES string of the molecule is CC[C@H](C)C(I)C(=O)NS(=O)(=O)OP(=O)([O-])OC[C@H]1O[C@@H](n2cnc3c(N)ncnc32)[C@H](O)[C@@H]1O. The van der Waals surface area contributed by atoms with Gasteiger partial charge in [0.05, 0.1) is 16.9 Å². The van der Waals surface area contributed by atoms with Crippen LogP contribution in [0.15, 0.2) is 12.7 Å². The number of nitrogens with two attached hydrogens (primary N) is 1. The predicted molar refractivity (Wildman–Crippen MR) is 125 cm³/mol. The van der Waals surface area contributed by atoms with Crippen molar-refractivity contribution in [2.45, 2.75) is 48.7 Å². The fourth-order valence-corrected chi connectivity index (χ4v) is 5.98. The van der Waals surface area contributed by atoms with Crippen LogP contribution in [0.4, 0.5) is 5.82 Å². The first kappa shape index (κ1) is 28.1. The number of aromatic nitrogens is 4. The molecule has 0 spiro atoms. The van der Waals surface area contributed by atoms with Gasteiger partial charge in [-0.05, 0) is 5.92 Å². The number of anilines is 1. The molecule has 7 atom stereocenters. The highest BCUT2D eigenvalue weighted by Gasteiger charge is 2.45. The van der Waals surface area contributed by atoms with Crippen molar-refractivity contribution in [3.63, 3.8) is 0 Å². The number of nitrogens with one attached hydrogen (secondary N) is 1. The Morgan fingerprint density at radius 3 is 2.74 bits per heavy atom. The molecule has 0 radical (unpaired) electrons. The van der Waals surface area contributed by atoms with E-state index in [0.29, 0.717) is 6.42 Å². The van der Waals surface area contributed by atoms with Crippen molar-refractivity contribution in [3.8, 4) is 0 Å². The molecule has 1 fully saturated rings. The zero-order valence-corrected chi connectivity index (χ0v) is 22.2. The first-order valence-electron chi connectivity index (χ1n) is 10.1. The van der Waals surface area contributed by atoms with Gasteiger partial charge >= 0.3 is 10.3 Å². The number of phosphoric acid groups is 1. The lowest BCUT2D eigenvalue weighted by molar-refractivity contribution is -0.219. The Morgan fingerprint density at radius 1 is 1.40 bits per heavy atom. The highest BCUT2D eigenvalue weighted by molar-refractivity contribution is 14.1. The molecule has 5 N–H and O–H groups in total. The minimum absolute atomic E-state index is 0.0671. The smallest absolute Gasteiger partial charge is 0.368 e. The van der Waals surface area contributed by atoms with E-state index in [2.05, 4.69) is 23.4 Å². The van der Waals surface area contributed by atoms with Crippen LogP contribution in [-0.4, -0.2) is 72.9 Å². The van der Waals surface area contributed by atoms with Crippen LogP contribution in [0.2, 0.25) is 0 Å². The van der Waals surface area contributed by atoms with Gasteiger partial charge in [-0.3, -0.25) is 13.9 Å². The number of carbonyl (C=O) groups is 1. The van der Waals surface area contributed by atoms with E-state index in [1.54, 1.807) is 36.4 Å². The van der Waals surface area contributed by atoms with E-state index < -0.39 is 59.1 Å². The fourth-order valence-electron chi connectivity index (χ4n) is 3.12. The lowest BCUT2D eigenvalue weighted by Crippen LogP contribution is -2.40. The molecule has 0 bridgehead atoms. The molecule has 3 heterocycles. The average molecular weight is 649 g/mol. The van der Waals surface area contributed by atoms with Gasteiger partial charge in [0.1, 0.15) is 30.2 Å². The summed E-state index contributed by atoms with van der Waals surface area (Å²) in [4.78, 5) is 35.9. The first-order valence-corrected chi connectivity index (χ1v) is 14.2. The number of hydrogen-bond acceptors (Lipinski definition) is 14. The number of halogens is 1. The first-order chi connectivity index (χ1) is 16.3. The maximum atomic E-state index is 12.1. The molecule has 2 aromatic heterocycles.